The van der Waals surface area contributed by atoms with Crippen molar-refractivity contribution >= 4 is 31.7 Å². The summed E-state index contributed by atoms with van der Waals surface area (Å²) in [6.45, 7) is 0.455. The van der Waals surface area contributed by atoms with Gasteiger partial charge < -0.3 is 5.32 Å². The summed E-state index contributed by atoms with van der Waals surface area (Å²) in [7, 11) is -2.83. The SMILES string of the molecule is CS(=N)(=O)NCCNc1nonc1-c1noc(=O)n1-c1ccc(F)c(Br)c1. The van der Waals surface area contributed by atoms with Crippen molar-refractivity contribution in [3.63, 3.8) is 0 Å². The van der Waals surface area contributed by atoms with E-state index in [0.29, 0.717) is 5.69 Å². The van der Waals surface area contributed by atoms with Gasteiger partial charge in [0.2, 0.25) is 11.6 Å². The molecule has 0 aliphatic rings. The van der Waals surface area contributed by atoms with Crippen LogP contribution in [0.4, 0.5) is 10.2 Å². The fraction of sp³-hybridized carbons (Fsp3) is 0.231. The number of hydrogen-bond donors (Lipinski definition) is 3. The third-order valence-electron chi connectivity index (χ3n) is 3.26. The van der Waals surface area contributed by atoms with E-state index in [4.69, 9.17) is 13.9 Å². The summed E-state index contributed by atoms with van der Waals surface area (Å²) in [5.41, 5.74) is 0.379. The van der Waals surface area contributed by atoms with Gasteiger partial charge in [-0.25, -0.2) is 32.1 Å². The average Bonchev–Trinajstić information content (AvgIpc) is 3.19. The van der Waals surface area contributed by atoms with E-state index in [1.54, 1.807) is 0 Å². The molecular formula is C13H13BrFN7O4S. The Kier molecular flexibility index (Phi) is 5.38. The largest absolute Gasteiger partial charge is 0.446 e. The standard InChI is InChI=1S/C13H13BrFN7O4S/c1-27(16,24)18-5-4-17-11-10(19-26-20-11)12-21-25-13(23)22(12)7-2-3-9(15)8(14)6-7/h2-3,6H,4-5H2,1H3,(H,17,20)(H2,16,18,24). The molecule has 0 amide bonds. The number of anilines is 1. The first kappa shape index (κ1) is 19.2. The van der Waals surface area contributed by atoms with Crippen molar-refractivity contribution in [2.24, 2.45) is 0 Å². The summed E-state index contributed by atoms with van der Waals surface area (Å²) in [6, 6.07) is 3.94. The van der Waals surface area contributed by atoms with Crippen LogP contribution in [-0.2, 0) is 9.92 Å². The third-order valence-corrected chi connectivity index (χ3v) is 4.62. The molecule has 0 bridgehead atoms. The maximum Gasteiger partial charge on any atom is 0.446 e. The van der Waals surface area contributed by atoms with Crippen LogP contribution < -0.4 is 15.8 Å². The van der Waals surface area contributed by atoms with Gasteiger partial charge in [-0.1, -0.05) is 5.16 Å². The van der Waals surface area contributed by atoms with Gasteiger partial charge in [0.05, 0.1) is 10.2 Å². The van der Waals surface area contributed by atoms with E-state index in [2.05, 4.69) is 41.4 Å². The lowest BCUT2D eigenvalue weighted by Crippen LogP contribution is -2.27. The summed E-state index contributed by atoms with van der Waals surface area (Å²) >= 11 is 3.06. The Labute approximate surface area is 160 Å². The van der Waals surface area contributed by atoms with Gasteiger partial charge in [-0.3, -0.25) is 4.52 Å². The molecule has 1 unspecified atom stereocenters. The van der Waals surface area contributed by atoms with Gasteiger partial charge in [0.25, 0.3) is 0 Å². The monoisotopic (exact) mass is 461 g/mol. The van der Waals surface area contributed by atoms with Crippen molar-refractivity contribution in [1.82, 2.24) is 24.8 Å². The highest BCUT2D eigenvalue weighted by Gasteiger charge is 2.23. The molecule has 14 heteroatoms. The van der Waals surface area contributed by atoms with Crippen molar-refractivity contribution in [1.29, 1.82) is 4.78 Å². The second-order valence-corrected chi connectivity index (χ2v) is 8.16. The molecule has 0 radical (unpaired) electrons. The lowest BCUT2D eigenvalue weighted by Gasteiger charge is -2.07. The van der Waals surface area contributed by atoms with E-state index < -0.39 is 21.5 Å². The molecule has 0 fully saturated rings. The van der Waals surface area contributed by atoms with Crippen LogP contribution in [0.25, 0.3) is 17.2 Å². The highest BCUT2D eigenvalue weighted by atomic mass is 79.9. The Bertz CT molecular complexity index is 1120. The summed E-state index contributed by atoms with van der Waals surface area (Å²) < 4.78 is 45.2. The Morgan fingerprint density at radius 1 is 1.33 bits per heavy atom. The first-order chi connectivity index (χ1) is 12.8. The minimum Gasteiger partial charge on any atom is -0.364 e. The molecule has 0 aliphatic carbocycles. The molecule has 0 spiro atoms. The molecule has 2 aromatic heterocycles. The molecule has 3 N–H and O–H groups in total. The van der Waals surface area contributed by atoms with Gasteiger partial charge in [0, 0.05) is 19.3 Å². The molecule has 0 aliphatic heterocycles. The lowest BCUT2D eigenvalue weighted by atomic mass is 10.3. The second-order valence-electron chi connectivity index (χ2n) is 5.33. The number of halogens is 2. The fourth-order valence-corrected chi connectivity index (χ4v) is 2.99. The number of nitrogens with zero attached hydrogens (tertiary/aromatic N) is 4. The molecule has 3 aromatic rings. The third kappa shape index (κ3) is 4.40. The van der Waals surface area contributed by atoms with E-state index in [9.17, 15) is 13.4 Å². The molecule has 27 heavy (non-hydrogen) atoms. The predicted molar refractivity (Wildman–Crippen MR) is 96.3 cm³/mol. The van der Waals surface area contributed by atoms with E-state index >= 15 is 0 Å². The number of aromatic nitrogens is 4. The van der Waals surface area contributed by atoms with Gasteiger partial charge in [-0.2, -0.15) is 0 Å². The normalized spacial score (nSPS) is 13.4. The molecule has 11 nitrogen and oxygen atoms in total. The average molecular weight is 462 g/mol. The smallest absolute Gasteiger partial charge is 0.364 e. The highest BCUT2D eigenvalue weighted by Crippen LogP contribution is 2.25. The summed E-state index contributed by atoms with van der Waals surface area (Å²) in [6.07, 6.45) is 1.25. The van der Waals surface area contributed by atoms with Crippen LogP contribution in [-0.4, -0.2) is 43.6 Å². The van der Waals surface area contributed by atoms with Crippen molar-refractivity contribution in [2.75, 3.05) is 24.7 Å². The van der Waals surface area contributed by atoms with Gasteiger partial charge >= 0.3 is 5.76 Å². The number of nitrogens with one attached hydrogen (secondary N) is 3. The van der Waals surface area contributed by atoms with Crippen molar-refractivity contribution < 1.29 is 17.8 Å². The molecule has 0 saturated heterocycles. The zero-order valence-corrected chi connectivity index (χ0v) is 16.1. The molecule has 1 atom stereocenters. The highest BCUT2D eigenvalue weighted by molar-refractivity contribution is 9.10. The van der Waals surface area contributed by atoms with Crippen LogP contribution >= 0.6 is 15.9 Å². The van der Waals surface area contributed by atoms with Crippen molar-refractivity contribution in [2.45, 2.75) is 0 Å². The van der Waals surface area contributed by atoms with Crippen LogP contribution in [0.2, 0.25) is 0 Å². The predicted octanol–water partition coefficient (Wildman–Crippen LogP) is 1.37. The lowest BCUT2D eigenvalue weighted by molar-refractivity contribution is 0.309. The summed E-state index contributed by atoms with van der Waals surface area (Å²) in [4.78, 5) is 12.1. The van der Waals surface area contributed by atoms with E-state index in [1.807, 2.05) is 0 Å². The Morgan fingerprint density at radius 2 is 2.11 bits per heavy atom. The quantitative estimate of drug-likeness (QED) is 0.446. The van der Waals surface area contributed by atoms with Crippen molar-refractivity contribution in [3.05, 3.63) is 39.0 Å². The van der Waals surface area contributed by atoms with Crippen LogP contribution in [0, 0.1) is 10.6 Å². The number of rotatable bonds is 7. The van der Waals surface area contributed by atoms with E-state index in [-0.39, 0.29) is 34.9 Å². The van der Waals surface area contributed by atoms with Crippen molar-refractivity contribution in [3.8, 4) is 17.2 Å². The Balaban J connectivity index is 1.89. The van der Waals surface area contributed by atoms with Crippen LogP contribution in [0.1, 0.15) is 0 Å². The minimum atomic E-state index is -2.83. The second kappa shape index (κ2) is 7.58. The van der Waals surface area contributed by atoms with E-state index in [1.165, 1.54) is 24.5 Å². The maximum atomic E-state index is 13.5. The number of benzene rings is 1. The fourth-order valence-electron chi connectivity index (χ4n) is 2.13. The Morgan fingerprint density at radius 3 is 2.81 bits per heavy atom. The first-order valence-electron chi connectivity index (χ1n) is 7.35. The topological polar surface area (TPSA) is 152 Å². The zero-order valence-electron chi connectivity index (χ0n) is 13.7. The molecule has 0 saturated carbocycles. The summed E-state index contributed by atoms with van der Waals surface area (Å²) in [5.74, 6) is -1.15. The van der Waals surface area contributed by atoms with Gasteiger partial charge in [-0.15, -0.1) is 0 Å². The maximum absolute atomic E-state index is 13.5. The van der Waals surface area contributed by atoms with Crippen LogP contribution in [0.5, 0.6) is 0 Å². The molecule has 3 rings (SSSR count). The van der Waals surface area contributed by atoms with E-state index in [0.717, 1.165) is 4.57 Å². The molecule has 144 valence electrons. The molecular weight excluding hydrogens is 449 g/mol. The zero-order chi connectivity index (χ0) is 19.6. The van der Waals surface area contributed by atoms with Gasteiger partial charge in [-0.05, 0) is 44.4 Å². The molecule has 2 heterocycles. The van der Waals surface area contributed by atoms with Crippen LogP contribution in [0.3, 0.4) is 0 Å². The Hall–Kier alpha value is -2.58. The first-order valence-corrected chi connectivity index (χ1v) is 10.1. The van der Waals surface area contributed by atoms with Gasteiger partial charge in [0.1, 0.15) is 15.7 Å². The molecule has 1 aromatic carbocycles. The van der Waals surface area contributed by atoms with Crippen LogP contribution in [0.15, 0.2) is 36.6 Å². The summed E-state index contributed by atoms with van der Waals surface area (Å²) in [5, 5.41) is 14.0. The number of hydrogen-bond acceptors (Lipinski definition) is 9. The van der Waals surface area contributed by atoms with Gasteiger partial charge in [0.15, 0.2) is 5.69 Å². The minimum absolute atomic E-state index is 0.00463.